The number of pyridine rings is 1. The lowest BCUT2D eigenvalue weighted by molar-refractivity contribution is 0.587. The van der Waals surface area contributed by atoms with E-state index >= 15 is 0 Å². The van der Waals surface area contributed by atoms with Crippen LogP contribution >= 0.6 is 15.9 Å². The number of halogens is 1. The monoisotopic (exact) mass is 222 g/mol. The number of aromatic nitrogens is 1. The average molecular weight is 223 g/mol. The van der Waals surface area contributed by atoms with Crippen molar-refractivity contribution in [1.29, 1.82) is 5.26 Å². The topological polar surface area (TPSA) is 49.8 Å². The molecule has 58 valence electrons. The highest BCUT2D eigenvalue weighted by Crippen LogP contribution is 2.21. The highest BCUT2D eigenvalue weighted by molar-refractivity contribution is 9.10. The summed E-state index contributed by atoms with van der Waals surface area (Å²) in [5.41, 5.74) is 1.78. The molecule has 12 heavy (non-hydrogen) atoms. The van der Waals surface area contributed by atoms with Crippen LogP contribution in [0.3, 0.4) is 0 Å². The van der Waals surface area contributed by atoms with Crippen molar-refractivity contribution >= 4 is 27.0 Å². The van der Waals surface area contributed by atoms with Gasteiger partial charge in [-0.25, -0.2) is 4.98 Å². The number of nitrogens with zero attached hydrogens (tertiary/aromatic N) is 2. The van der Waals surface area contributed by atoms with Crippen LogP contribution in [0.4, 0.5) is 0 Å². The maximum absolute atomic E-state index is 8.55. The molecule has 0 amide bonds. The minimum atomic E-state index is 0.399. The normalized spacial score (nSPS) is 10.0. The van der Waals surface area contributed by atoms with Crippen molar-refractivity contribution in [1.82, 2.24) is 4.98 Å². The second-order valence-corrected chi connectivity index (χ2v) is 3.02. The van der Waals surface area contributed by atoms with E-state index in [9.17, 15) is 0 Å². The Hall–Kier alpha value is -1.34. The number of hydrogen-bond acceptors (Lipinski definition) is 3. The van der Waals surface area contributed by atoms with Crippen LogP contribution in [0.1, 0.15) is 5.69 Å². The molecule has 0 saturated carbocycles. The molecule has 0 fully saturated rings. The first-order chi connectivity index (χ1) is 5.79. The lowest BCUT2D eigenvalue weighted by atomic mass is 10.3. The van der Waals surface area contributed by atoms with Crippen LogP contribution in [0.2, 0.25) is 0 Å². The minimum absolute atomic E-state index is 0.399. The summed E-state index contributed by atoms with van der Waals surface area (Å²) in [6.45, 7) is 0. The quantitative estimate of drug-likeness (QED) is 0.689. The molecule has 3 nitrogen and oxygen atoms in total. The number of nitriles is 1. The Kier molecular flexibility index (Phi) is 1.59. The van der Waals surface area contributed by atoms with E-state index < -0.39 is 0 Å². The van der Waals surface area contributed by atoms with Gasteiger partial charge < -0.3 is 4.42 Å². The van der Waals surface area contributed by atoms with Gasteiger partial charge in [-0.3, -0.25) is 0 Å². The van der Waals surface area contributed by atoms with Crippen LogP contribution in [0.25, 0.3) is 11.1 Å². The predicted octanol–water partition coefficient (Wildman–Crippen LogP) is 2.46. The van der Waals surface area contributed by atoms with Crippen molar-refractivity contribution in [2.45, 2.75) is 0 Å². The van der Waals surface area contributed by atoms with Gasteiger partial charge in [0.05, 0.1) is 0 Å². The standard InChI is InChI=1S/C8H3BrN2O/c9-8-3-6-7(12-8)2-1-5(4-10)11-6/h1-3H. The van der Waals surface area contributed by atoms with Gasteiger partial charge in [-0.2, -0.15) is 5.26 Å². The van der Waals surface area contributed by atoms with Crippen molar-refractivity contribution in [2.75, 3.05) is 0 Å². The molecule has 0 spiro atoms. The molecule has 0 unspecified atom stereocenters. The third kappa shape index (κ3) is 1.08. The fourth-order valence-electron chi connectivity index (χ4n) is 0.956. The zero-order valence-electron chi connectivity index (χ0n) is 5.91. The smallest absolute Gasteiger partial charge is 0.172 e. The summed E-state index contributed by atoms with van der Waals surface area (Å²) in [5.74, 6) is 0. The molecule has 0 aliphatic carbocycles. The molecule has 0 aliphatic rings. The van der Waals surface area contributed by atoms with Crippen LogP contribution in [-0.4, -0.2) is 4.98 Å². The first-order valence-corrected chi connectivity index (χ1v) is 4.05. The summed E-state index contributed by atoms with van der Waals surface area (Å²) in [7, 11) is 0. The van der Waals surface area contributed by atoms with Crippen molar-refractivity contribution in [3.63, 3.8) is 0 Å². The number of rotatable bonds is 0. The summed E-state index contributed by atoms with van der Waals surface area (Å²) in [6.07, 6.45) is 0. The zero-order chi connectivity index (χ0) is 8.55. The fourth-order valence-corrected chi connectivity index (χ4v) is 1.35. The first-order valence-electron chi connectivity index (χ1n) is 3.26. The molecule has 0 aliphatic heterocycles. The highest BCUT2D eigenvalue weighted by Gasteiger charge is 2.02. The van der Waals surface area contributed by atoms with Gasteiger partial charge in [-0.05, 0) is 28.1 Å². The Labute approximate surface area is 76.8 Å². The molecule has 2 aromatic heterocycles. The Morgan fingerprint density at radius 2 is 2.33 bits per heavy atom. The molecule has 4 heteroatoms. The van der Waals surface area contributed by atoms with Gasteiger partial charge in [0, 0.05) is 6.07 Å². The Morgan fingerprint density at radius 1 is 1.50 bits per heavy atom. The molecule has 0 aromatic carbocycles. The van der Waals surface area contributed by atoms with E-state index in [4.69, 9.17) is 9.68 Å². The molecule has 0 N–H and O–H groups in total. The predicted molar refractivity (Wildman–Crippen MR) is 46.4 cm³/mol. The second-order valence-electron chi connectivity index (χ2n) is 2.24. The molecular weight excluding hydrogens is 220 g/mol. The van der Waals surface area contributed by atoms with Gasteiger partial charge in [0.15, 0.2) is 10.3 Å². The molecule has 0 radical (unpaired) electrons. The third-order valence-electron chi connectivity index (χ3n) is 1.46. The third-order valence-corrected chi connectivity index (χ3v) is 1.85. The molecule has 2 aromatic rings. The summed E-state index contributed by atoms with van der Waals surface area (Å²) >= 11 is 3.18. The van der Waals surface area contributed by atoms with Crippen LogP contribution in [0, 0.1) is 11.3 Å². The van der Waals surface area contributed by atoms with Crippen LogP contribution in [-0.2, 0) is 0 Å². The Morgan fingerprint density at radius 3 is 3.08 bits per heavy atom. The van der Waals surface area contributed by atoms with Gasteiger partial charge in [0.1, 0.15) is 17.3 Å². The maximum atomic E-state index is 8.55. The number of furan rings is 1. The molecule has 2 heterocycles. The summed E-state index contributed by atoms with van der Waals surface area (Å²) in [4.78, 5) is 4.03. The number of hydrogen-bond donors (Lipinski definition) is 0. The molecular formula is C8H3BrN2O. The van der Waals surface area contributed by atoms with E-state index in [0.29, 0.717) is 21.5 Å². The van der Waals surface area contributed by atoms with Gasteiger partial charge in [-0.1, -0.05) is 0 Å². The molecule has 0 bridgehead atoms. The Bertz CT molecular complexity index is 469. The van der Waals surface area contributed by atoms with Crippen LogP contribution < -0.4 is 0 Å². The largest absolute Gasteiger partial charge is 0.448 e. The lowest BCUT2D eigenvalue weighted by Crippen LogP contribution is -1.79. The van der Waals surface area contributed by atoms with Gasteiger partial charge >= 0.3 is 0 Å². The van der Waals surface area contributed by atoms with E-state index in [1.807, 2.05) is 6.07 Å². The van der Waals surface area contributed by atoms with E-state index in [1.54, 1.807) is 18.2 Å². The van der Waals surface area contributed by atoms with E-state index in [-0.39, 0.29) is 0 Å². The van der Waals surface area contributed by atoms with Crippen LogP contribution in [0.5, 0.6) is 0 Å². The average Bonchev–Trinajstić information content (AvgIpc) is 2.43. The van der Waals surface area contributed by atoms with Crippen molar-refractivity contribution in [3.8, 4) is 6.07 Å². The first kappa shape index (κ1) is 7.32. The maximum Gasteiger partial charge on any atom is 0.172 e. The highest BCUT2D eigenvalue weighted by atomic mass is 79.9. The van der Waals surface area contributed by atoms with Crippen LogP contribution in [0.15, 0.2) is 27.3 Å². The van der Waals surface area contributed by atoms with Crippen molar-refractivity contribution in [2.24, 2.45) is 0 Å². The summed E-state index contributed by atoms with van der Waals surface area (Å²) < 4.78 is 5.84. The van der Waals surface area contributed by atoms with Gasteiger partial charge in [0.2, 0.25) is 0 Å². The zero-order valence-corrected chi connectivity index (χ0v) is 7.50. The molecule has 2 rings (SSSR count). The van der Waals surface area contributed by atoms with Crippen molar-refractivity contribution < 1.29 is 4.42 Å². The molecule has 0 atom stereocenters. The SMILES string of the molecule is N#Cc1ccc2oc(Br)cc2n1. The Balaban J connectivity index is 2.77. The second kappa shape index (κ2) is 2.61. The van der Waals surface area contributed by atoms with E-state index in [0.717, 1.165) is 0 Å². The van der Waals surface area contributed by atoms with Gasteiger partial charge in [0.25, 0.3) is 0 Å². The van der Waals surface area contributed by atoms with Gasteiger partial charge in [-0.15, -0.1) is 0 Å². The van der Waals surface area contributed by atoms with Crippen molar-refractivity contribution in [3.05, 3.63) is 28.6 Å². The van der Waals surface area contributed by atoms with E-state index in [2.05, 4.69) is 20.9 Å². The van der Waals surface area contributed by atoms with E-state index in [1.165, 1.54) is 0 Å². The summed E-state index contributed by atoms with van der Waals surface area (Å²) in [6, 6.07) is 7.04. The summed E-state index contributed by atoms with van der Waals surface area (Å²) in [5, 5.41) is 8.55. The minimum Gasteiger partial charge on any atom is -0.448 e. The number of fused-ring (bicyclic) bond motifs is 1. The fraction of sp³-hybridized carbons (Fsp3) is 0. The molecule has 0 saturated heterocycles. The lowest BCUT2D eigenvalue weighted by Gasteiger charge is -1.86.